The zero-order valence-electron chi connectivity index (χ0n) is 15.9. The Hall–Kier alpha value is -4.21. The molecule has 0 spiro atoms. The molecule has 0 radical (unpaired) electrons. The summed E-state index contributed by atoms with van der Waals surface area (Å²) < 4.78 is 0. The average Bonchev–Trinajstić information content (AvgIpc) is 3.35. The molecule has 0 unspecified atom stereocenters. The molecule has 3 fully saturated rings. The Labute approximate surface area is 176 Å². The molecular weight excluding hydrogens is 442 g/mol. The Bertz CT molecular complexity index is 816. The molecule has 0 atom stereocenters. The summed E-state index contributed by atoms with van der Waals surface area (Å²) in [7, 11) is 0. The SMILES string of the molecule is O=C1CCC(=O)N1OC(=O)C(O)(C(=O)ON1C(=O)CCC1=O)C(=O)ON1C(=O)CCC1=O. The first-order valence-electron chi connectivity index (χ1n) is 8.93. The van der Waals surface area contributed by atoms with Crippen LogP contribution >= 0.6 is 0 Å². The number of hydroxylamine groups is 6. The van der Waals surface area contributed by atoms with Crippen molar-refractivity contribution in [1.82, 2.24) is 15.2 Å². The molecule has 0 aromatic rings. The predicted octanol–water partition coefficient (Wildman–Crippen LogP) is -3.46. The van der Waals surface area contributed by atoms with Crippen molar-refractivity contribution in [3.63, 3.8) is 0 Å². The Morgan fingerprint density at radius 3 is 0.906 bits per heavy atom. The van der Waals surface area contributed by atoms with Crippen LogP contribution in [0.15, 0.2) is 0 Å². The van der Waals surface area contributed by atoms with Gasteiger partial charge in [-0.2, -0.15) is 0 Å². The van der Waals surface area contributed by atoms with Crippen LogP contribution in [0.3, 0.4) is 0 Å². The minimum Gasteiger partial charge on any atom is -0.360 e. The summed E-state index contributed by atoms with van der Waals surface area (Å²) in [5.41, 5.74) is -4.16. The summed E-state index contributed by atoms with van der Waals surface area (Å²) in [6.07, 6.45) is -2.29. The maximum absolute atomic E-state index is 12.5. The second-order valence-corrected chi connectivity index (χ2v) is 6.59. The van der Waals surface area contributed by atoms with Gasteiger partial charge >= 0.3 is 23.5 Å². The zero-order valence-corrected chi connectivity index (χ0v) is 15.9. The fraction of sp³-hybridized carbons (Fsp3) is 0.438. The molecule has 0 aromatic heterocycles. The molecule has 0 aliphatic carbocycles. The monoisotopic (exact) mass is 455 g/mol. The van der Waals surface area contributed by atoms with Crippen LogP contribution in [0.4, 0.5) is 0 Å². The standard InChI is InChI=1S/C16H13N3O13/c20-7-1-2-8(21)17(7)30-13(26)16(29,14(27)31-18-9(22)3-4-10(18)23)15(28)32-19-11(24)5-6-12(19)25/h29H,1-6H2. The van der Waals surface area contributed by atoms with Crippen molar-refractivity contribution in [1.29, 1.82) is 0 Å². The molecule has 6 amide bonds. The van der Waals surface area contributed by atoms with E-state index >= 15 is 0 Å². The van der Waals surface area contributed by atoms with Gasteiger partial charge in [0.25, 0.3) is 35.4 Å². The lowest BCUT2D eigenvalue weighted by molar-refractivity contribution is -0.238. The lowest BCUT2D eigenvalue weighted by Crippen LogP contribution is -2.60. The molecule has 3 rings (SSSR count). The van der Waals surface area contributed by atoms with Crippen LogP contribution in [0.25, 0.3) is 0 Å². The second kappa shape index (κ2) is 8.14. The number of hydrogen-bond donors (Lipinski definition) is 1. The van der Waals surface area contributed by atoms with E-state index in [2.05, 4.69) is 14.5 Å². The first kappa shape index (κ1) is 22.5. The van der Waals surface area contributed by atoms with E-state index in [0.717, 1.165) is 0 Å². The highest BCUT2D eigenvalue weighted by atomic mass is 16.8. The van der Waals surface area contributed by atoms with Crippen molar-refractivity contribution in [2.45, 2.75) is 44.1 Å². The van der Waals surface area contributed by atoms with Crippen LogP contribution in [0, 0.1) is 0 Å². The highest BCUT2D eigenvalue weighted by Gasteiger charge is 2.61. The van der Waals surface area contributed by atoms with Gasteiger partial charge in [0, 0.05) is 38.5 Å². The van der Waals surface area contributed by atoms with Crippen molar-refractivity contribution >= 4 is 53.4 Å². The van der Waals surface area contributed by atoms with Crippen LogP contribution in [0.1, 0.15) is 38.5 Å². The van der Waals surface area contributed by atoms with Crippen molar-refractivity contribution in [3.05, 3.63) is 0 Å². The summed E-state index contributed by atoms with van der Waals surface area (Å²) in [5, 5.41) is 10.1. The van der Waals surface area contributed by atoms with Gasteiger partial charge in [0.15, 0.2) is 0 Å². The molecule has 3 saturated heterocycles. The molecular formula is C16H13N3O13. The Kier molecular flexibility index (Phi) is 5.72. The number of hydrogen-bond acceptors (Lipinski definition) is 13. The summed E-state index contributed by atoms with van der Waals surface area (Å²) in [4.78, 5) is 120. The number of rotatable bonds is 6. The van der Waals surface area contributed by atoms with Gasteiger partial charge in [0.2, 0.25) is 0 Å². The molecule has 32 heavy (non-hydrogen) atoms. The molecule has 3 aliphatic rings. The van der Waals surface area contributed by atoms with E-state index in [0.29, 0.717) is 0 Å². The van der Waals surface area contributed by atoms with Crippen molar-refractivity contribution in [2.24, 2.45) is 0 Å². The van der Waals surface area contributed by atoms with E-state index in [1.165, 1.54) is 0 Å². The van der Waals surface area contributed by atoms with Crippen LogP contribution in [-0.4, -0.2) is 79.2 Å². The molecule has 3 aliphatic heterocycles. The Balaban J connectivity index is 1.89. The molecule has 0 saturated carbocycles. The minimum atomic E-state index is -4.16. The maximum atomic E-state index is 12.5. The number of imide groups is 3. The van der Waals surface area contributed by atoms with E-state index in [1.54, 1.807) is 0 Å². The quantitative estimate of drug-likeness (QED) is 0.305. The van der Waals surface area contributed by atoms with Gasteiger partial charge in [-0.1, -0.05) is 0 Å². The number of carbonyl (C=O) groups is 9. The topological polar surface area (TPSA) is 211 Å². The molecule has 0 aromatic carbocycles. The fourth-order valence-corrected chi connectivity index (χ4v) is 2.67. The first-order valence-corrected chi connectivity index (χ1v) is 8.93. The molecule has 170 valence electrons. The second-order valence-electron chi connectivity index (χ2n) is 6.59. The van der Waals surface area contributed by atoms with Gasteiger partial charge in [-0.15, -0.1) is 15.2 Å². The smallest absolute Gasteiger partial charge is 0.360 e. The van der Waals surface area contributed by atoms with E-state index < -0.39 is 59.0 Å². The first-order chi connectivity index (χ1) is 15.0. The van der Waals surface area contributed by atoms with Gasteiger partial charge in [0.1, 0.15) is 0 Å². The molecule has 3 heterocycles. The van der Waals surface area contributed by atoms with Crippen molar-refractivity contribution < 1.29 is 62.8 Å². The molecule has 16 nitrogen and oxygen atoms in total. The summed E-state index contributed by atoms with van der Waals surface area (Å²) in [6, 6.07) is 0. The molecule has 1 N–H and O–H groups in total. The molecule has 0 bridgehead atoms. The average molecular weight is 455 g/mol. The Morgan fingerprint density at radius 2 is 0.719 bits per heavy atom. The van der Waals surface area contributed by atoms with E-state index in [9.17, 15) is 48.3 Å². The maximum Gasteiger partial charge on any atom is 0.388 e. The third-order valence-electron chi connectivity index (χ3n) is 4.43. The predicted molar refractivity (Wildman–Crippen MR) is 86.5 cm³/mol. The number of carbonyl (C=O) groups excluding carboxylic acids is 9. The highest BCUT2D eigenvalue weighted by Crippen LogP contribution is 2.23. The van der Waals surface area contributed by atoms with Gasteiger partial charge in [-0.3, -0.25) is 28.8 Å². The third kappa shape index (κ3) is 3.78. The number of aliphatic hydroxyl groups is 1. The van der Waals surface area contributed by atoms with Crippen molar-refractivity contribution in [2.75, 3.05) is 0 Å². The van der Waals surface area contributed by atoms with Gasteiger partial charge < -0.3 is 19.6 Å². The summed E-state index contributed by atoms with van der Waals surface area (Å²) in [5.74, 6) is -13.2. The minimum absolute atomic E-state index is 0.133. The van der Waals surface area contributed by atoms with Gasteiger partial charge in [-0.05, 0) is 0 Å². The van der Waals surface area contributed by atoms with Gasteiger partial charge in [0.05, 0.1) is 0 Å². The van der Waals surface area contributed by atoms with Crippen LogP contribution < -0.4 is 0 Å². The van der Waals surface area contributed by atoms with Crippen LogP contribution in [0.5, 0.6) is 0 Å². The largest absolute Gasteiger partial charge is 0.388 e. The lowest BCUT2D eigenvalue weighted by atomic mass is 10.1. The van der Waals surface area contributed by atoms with Crippen LogP contribution in [0.2, 0.25) is 0 Å². The normalized spacial score (nSPS) is 19.2. The third-order valence-corrected chi connectivity index (χ3v) is 4.43. The summed E-state index contributed by atoms with van der Waals surface area (Å²) in [6.45, 7) is 0. The van der Waals surface area contributed by atoms with Crippen molar-refractivity contribution in [3.8, 4) is 0 Å². The number of nitrogens with zero attached hydrogens (tertiary/aromatic N) is 3. The highest BCUT2D eigenvalue weighted by molar-refractivity contribution is 6.22. The van der Waals surface area contributed by atoms with E-state index in [1.807, 2.05) is 0 Å². The summed E-state index contributed by atoms with van der Waals surface area (Å²) >= 11 is 0. The molecule has 16 heteroatoms. The zero-order chi connectivity index (χ0) is 23.8. The van der Waals surface area contributed by atoms with E-state index in [4.69, 9.17) is 0 Å². The fourth-order valence-electron chi connectivity index (χ4n) is 2.67. The van der Waals surface area contributed by atoms with E-state index in [-0.39, 0.29) is 53.7 Å². The van der Waals surface area contributed by atoms with Crippen LogP contribution in [-0.2, 0) is 57.7 Å². The Morgan fingerprint density at radius 1 is 0.531 bits per heavy atom. The van der Waals surface area contributed by atoms with Gasteiger partial charge in [-0.25, -0.2) is 14.4 Å². The lowest BCUT2D eigenvalue weighted by Gasteiger charge is -2.25. The number of amides is 6.